The summed E-state index contributed by atoms with van der Waals surface area (Å²) in [4.78, 5) is 0. The van der Waals surface area contributed by atoms with Crippen LogP contribution in [0.5, 0.6) is 0 Å². The highest BCUT2D eigenvalue weighted by Gasteiger charge is 2.04. The summed E-state index contributed by atoms with van der Waals surface area (Å²) in [5, 5.41) is 3.56. The minimum atomic E-state index is 0.837. The maximum absolute atomic E-state index is 3.56. The molecule has 0 aliphatic heterocycles. The second kappa shape index (κ2) is 6.58. The summed E-state index contributed by atoms with van der Waals surface area (Å²) in [7, 11) is 0. The maximum Gasteiger partial charge on any atom is 0.0404 e. The fourth-order valence-electron chi connectivity index (χ4n) is 2.12. The lowest BCUT2D eigenvalue weighted by atomic mass is 10.1. The van der Waals surface area contributed by atoms with Crippen LogP contribution in [0.1, 0.15) is 23.6 Å². The Kier molecular flexibility index (Phi) is 5.06. The van der Waals surface area contributed by atoms with Gasteiger partial charge in [-0.05, 0) is 74.0 Å². The van der Waals surface area contributed by atoms with Crippen LogP contribution in [0, 0.1) is 6.92 Å². The molecule has 3 heteroatoms. The third-order valence-electron chi connectivity index (χ3n) is 3.19. The second-order valence-corrected chi connectivity index (χ2v) is 6.27. The number of hydrogen-bond acceptors (Lipinski definition) is 1. The van der Waals surface area contributed by atoms with E-state index in [0.29, 0.717) is 0 Å². The third-order valence-corrected chi connectivity index (χ3v) is 5.07. The van der Waals surface area contributed by atoms with E-state index in [1.807, 2.05) is 0 Å². The minimum absolute atomic E-state index is 0.837. The molecular formula is C16H17Br2N. The number of aryl methyl sites for hydroxylation is 2. The molecule has 0 fully saturated rings. The van der Waals surface area contributed by atoms with Crippen LogP contribution in [0.3, 0.4) is 0 Å². The molecular weight excluding hydrogens is 366 g/mol. The van der Waals surface area contributed by atoms with Crippen molar-refractivity contribution in [3.63, 3.8) is 0 Å². The smallest absolute Gasteiger partial charge is 0.0404 e. The van der Waals surface area contributed by atoms with E-state index in [0.717, 1.165) is 21.9 Å². The van der Waals surface area contributed by atoms with Crippen molar-refractivity contribution in [3.8, 4) is 0 Å². The highest BCUT2D eigenvalue weighted by Crippen LogP contribution is 2.25. The van der Waals surface area contributed by atoms with E-state index >= 15 is 0 Å². The van der Waals surface area contributed by atoms with Crippen LogP contribution in [-0.4, -0.2) is 0 Å². The van der Waals surface area contributed by atoms with Gasteiger partial charge in [-0.1, -0.05) is 31.2 Å². The molecule has 2 aromatic carbocycles. The normalized spacial score (nSPS) is 10.5. The van der Waals surface area contributed by atoms with Gasteiger partial charge >= 0.3 is 0 Å². The quantitative estimate of drug-likeness (QED) is 0.715. The molecule has 1 N–H and O–H groups in total. The molecule has 0 radical (unpaired) electrons. The average Bonchev–Trinajstić information content (AvgIpc) is 2.41. The molecule has 0 heterocycles. The van der Waals surface area contributed by atoms with Crippen LogP contribution >= 0.6 is 31.9 Å². The Morgan fingerprint density at radius 3 is 2.53 bits per heavy atom. The Morgan fingerprint density at radius 1 is 1.05 bits per heavy atom. The van der Waals surface area contributed by atoms with E-state index in [1.54, 1.807) is 0 Å². The van der Waals surface area contributed by atoms with Gasteiger partial charge in [0.05, 0.1) is 0 Å². The van der Waals surface area contributed by atoms with Crippen LogP contribution in [0.2, 0.25) is 0 Å². The first-order valence-electron chi connectivity index (χ1n) is 6.38. The molecule has 1 nitrogen and oxygen atoms in total. The molecule has 0 unspecified atom stereocenters. The van der Waals surface area contributed by atoms with Crippen LogP contribution in [0.4, 0.5) is 5.69 Å². The SMILES string of the molecule is CCc1cccc(C)c1NCc1ccc(Br)c(Br)c1. The first-order chi connectivity index (χ1) is 9.11. The van der Waals surface area contributed by atoms with Gasteiger partial charge in [0.2, 0.25) is 0 Å². The van der Waals surface area contributed by atoms with Gasteiger partial charge < -0.3 is 5.32 Å². The van der Waals surface area contributed by atoms with Gasteiger partial charge in [0.15, 0.2) is 0 Å². The Hall–Kier alpha value is -0.800. The lowest BCUT2D eigenvalue weighted by molar-refractivity contribution is 1.08. The zero-order chi connectivity index (χ0) is 13.8. The van der Waals surface area contributed by atoms with Crippen molar-refractivity contribution >= 4 is 37.5 Å². The number of nitrogens with one attached hydrogen (secondary N) is 1. The van der Waals surface area contributed by atoms with Gasteiger partial charge in [-0.25, -0.2) is 0 Å². The lowest BCUT2D eigenvalue weighted by Gasteiger charge is -2.14. The average molecular weight is 383 g/mol. The van der Waals surface area contributed by atoms with Crippen LogP contribution in [0.25, 0.3) is 0 Å². The van der Waals surface area contributed by atoms with Gasteiger partial charge in [-0.2, -0.15) is 0 Å². The first kappa shape index (κ1) is 14.6. The molecule has 0 amide bonds. The molecule has 19 heavy (non-hydrogen) atoms. The third kappa shape index (κ3) is 3.61. The predicted octanol–water partition coefficient (Wildman–Crippen LogP) is 5.69. The molecule has 0 saturated heterocycles. The van der Waals surface area contributed by atoms with E-state index < -0.39 is 0 Å². The van der Waals surface area contributed by atoms with E-state index in [-0.39, 0.29) is 0 Å². The summed E-state index contributed by atoms with van der Waals surface area (Å²) in [6.07, 6.45) is 1.05. The van der Waals surface area contributed by atoms with Gasteiger partial charge in [0, 0.05) is 21.2 Å². The second-order valence-electron chi connectivity index (χ2n) is 4.56. The van der Waals surface area contributed by atoms with Gasteiger partial charge in [0.25, 0.3) is 0 Å². The standard InChI is InChI=1S/C16H17Br2N/c1-3-13-6-4-5-11(2)16(13)19-10-12-7-8-14(17)15(18)9-12/h4-9,19H,3,10H2,1-2H3. The van der Waals surface area contributed by atoms with E-state index in [4.69, 9.17) is 0 Å². The summed E-state index contributed by atoms with van der Waals surface area (Å²) in [6, 6.07) is 12.8. The van der Waals surface area contributed by atoms with Crippen molar-refractivity contribution in [1.29, 1.82) is 0 Å². The number of anilines is 1. The van der Waals surface area contributed by atoms with Crippen molar-refractivity contribution in [1.82, 2.24) is 0 Å². The minimum Gasteiger partial charge on any atom is -0.381 e. The van der Waals surface area contributed by atoms with E-state index in [2.05, 4.69) is 87.4 Å². The number of rotatable bonds is 4. The van der Waals surface area contributed by atoms with Gasteiger partial charge in [-0.15, -0.1) is 0 Å². The number of hydrogen-bond donors (Lipinski definition) is 1. The Bertz CT molecular complexity index is 579. The summed E-state index contributed by atoms with van der Waals surface area (Å²) in [5.74, 6) is 0. The zero-order valence-electron chi connectivity index (χ0n) is 11.1. The van der Waals surface area contributed by atoms with Crippen molar-refractivity contribution in [2.45, 2.75) is 26.8 Å². The molecule has 0 aliphatic rings. The van der Waals surface area contributed by atoms with Gasteiger partial charge in [-0.3, -0.25) is 0 Å². The highest BCUT2D eigenvalue weighted by atomic mass is 79.9. The summed E-state index contributed by atoms with van der Waals surface area (Å²) in [5.41, 5.74) is 5.20. The number of halogens is 2. The van der Waals surface area contributed by atoms with Crippen molar-refractivity contribution < 1.29 is 0 Å². The molecule has 0 spiro atoms. The van der Waals surface area contributed by atoms with Crippen LogP contribution in [0.15, 0.2) is 45.3 Å². The summed E-state index contributed by atoms with van der Waals surface area (Å²) in [6.45, 7) is 5.18. The first-order valence-corrected chi connectivity index (χ1v) is 7.96. The van der Waals surface area contributed by atoms with E-state index in [9.17, 15) is 0 Å². The Morgan fingerprint density at radius 2 is 1.84 bits per heavy atom. The van der Waals surface area contributed by atoms with Crippen molar-refractivity contribution in [2.75, 3.05) is 5.32 Å². The largest absolute Gasteiger partial charge is 0.381 e. The molecule has 100 valence electrons. The lowest BCUT2D eigenvalue weighted by Crippen LogP contribution is -2.04. The monoisotopic (exact) mass is 381 g/mol. The molecule has 2 aromatic rings. The Labute approximate surface area is 131 Å². The van der Waals surface area contributed by atoms with Crippen molar-refractivity contribution in [3.05, 3.63) is 62.0 Å². The molecule has 0 aliphatic carbocycles. The molecule has 2 rings (SSSR count). The summed E-state index contributed by atoms with van der Waals surface area (Å²) >= 11 is 7.03. The Balaban J connectivity index is 2.16. The summed E-state index contributed by atoms with van der Waals surface area (Å²) < 4.78 is 2.17. The topological polar surface area (TPSA) is 12.0 Å². The predicted molar refractivity (Wildman–Crippen MR) is 89.7 cm³/mol. The van der Waals surface area contributed by atoms with E-state index in [1.165, 1.54) is 22.4 Å². The molecule has 0 atom stereocenters. The maximum atomic E-state index is 3.56. The van der Waals surface area contributed by atoms with Gasteiger partial charge in [0.1, 0.15) is 0 Å². The number of benzene rings is 2. The fraction of sp³-hybridized carbons (Fsp3) is 0.250. The highest BCUT2D eigenvalue weighted by molar-refractivity contribution is 9.13. The van der Waals surface area contributed by atoms with Crippen LogP contribution < -0.4 is 5.32 Å². The van der Waals surface area contributed by atoms with Crippen molar-refractivity contribution in [2.24, 2.45) is 0 Å². The number of para-hydroxylation sites is 1. The fourth-order valence-corrected chi connectivity index (χ4v) is 2.79. The molecule has 0 aromatic heterocycles. The van der Waals surface area contributed by atoms with Crippen LogP contribution in [-0.2, 0) is 13.0 Å². The zero-order valence-corrected chi connectivity index (χ0v) is 14.3. The molecule has 0 saturated carbocycles. The molecule has 0 bridgehead atoms.